The van der Waals surface area contributed by atoms with Crippen LogP contribution in [-0.4, -0.2) is 15.7 Å². The van der Waals surface area contributed by atoms with E-state index < -0.39 is 11.7 Å². The van der Waals surface area contributed by atoms with Gasteiger partial charge in [-0.1, -0.05) is 11.6 Å². The van der Waals surface area contributed by atoms with Crippen LogP contribution < -0.4 is 11.1 Å². The Morgan fingerprint density at radius 3 is 2.74 bits per heavy atom. The Bertz CT molecular complexity index is 653. The highest BCUT2D eigenvalue weighted by Crippen LogP contribution is 2.22. The molecule has 100 valence electrons. The molecule has 0 aliphatic rings. The summed E-state index contributed by atoms with van der Waals surface area (Å²) in [5.74, 6) is -0.758. The molecule has 19 heavy (non-hydrogen) atoms. The van der Waals surface area contributed by atoms with Crippen molar-refractivity contribution in [3.05, 3.63) is 40.3 Å². The predicted molar refractivity (Wildman–Crippen MR) is 71.7 cm³/mol. The van der Waals surface area contributed by atoms with Gasteiger partial charge in [-0.05, 0) is 25.1 Å². The average Bonchev–Trinajstić information content (AvgIpc) is 2.59. The number of hydrogen-bond acceptors (Lipinski definition) is 3. The second kappa shape index (κ2) is 4.89. The molecule has 0 spiro atoms. The van der Waals surface area contributed by atoms with Gasteiger partial charge in [0.05, 0.1) is 16.4 Å². The number of hydrogen-bond donors (Lipinski definition) is 2. The van der Waals surface area contributed by atoms with Crippen molar-refractivity contribution in [1.82, 2.24) is 9.78 Å². The van der Waals surface area contributed by atoms with Crippen LogP contribution in [0.15, 0.2) is 18.2 Å². The molecule has 5 nitrogen and oxygen atoms in total. The third-order valence-electron chi connectivity index (χ3n) is 2.68. The standard InChI is InChI=1S/C12H12ClFN4O/c1-6-10(15)11(18(2)17-6)16-12(19)7-3-4-8(13)9(14)5-7/h3-5H,15H2,1-2H3,(H,16,19). The van der Waals surface area contributed by atoms with E-state index in [2.05, 4.69) is 10.4 Å². The number of nitrogens with two attached hydrogens (primary N) is 1. The summed E-state index contributed by atoms with van der Waals surface area (Å²) in [6.45, 7) is 1.73. The summed E-state index contributed by atoms with van der Waals surface area (Å²) in [5.41, 5.74) is 6.93. The molecule has 0 saturated heterocycles. The number of aryl methyl sites for hydroxylation is 2. The largest absolute Gasteiger partial charge is 0.394 e. The molecule has 7 heteroatoms. The lowest BCUT2D eigenvalue weighted by Gasteiger charge is -2.07. The second-order valence-electron chi connectivity index (χ2n) is 4.05. The Morgan fingerprint density at radius 2 is 2.21 bits per heavy atom. The molecular formula is C12H12ClFN4O. The number of nitrogens with one attached hydrogen (secondary N) is 1. The number of anilines is 2. The van der Waals surface area contributed by atoms with Crippen LogP contribution >= 0.6 is 11.6 Å². The second-order valence-corrected chi connectivity index (χ2v) is 4.46. The monoisotopic (exact) mass is 282 g/mol. The van der Waals surface area contributed by atoms with E-state index >= 15 is 0 Å². The van der Waals surface area contributed by atoms with E-state index in [9.17, 15) is 9.18 Å². The third kappa shape index (κ3) is 2.53. The lowest BCUT2D eigenvalue weighted by atomic mass is 10.2. The van der Waals surface area contributed by atoms with Crippen LogP contribution in [0.4, 0.5) is 15.9 Å². The first-order chi connectivity index (χ1) is 8.90. The molecule has 1 amide bonds. The van der Waals surface area contributed by atoms with Gasteiger partial charge in [-0.2, -0.15) is 5.10 Å². The van der Waals surface area contributed by atoms with Crippen LogP contribution in [0.5, 0.6) is 0 Å². The van der Waals surface area contributed by atoms with Gasteiger partial charge in [0, 0.05) is 12.6 Å². The van der Waals surface area contributed by atoms with Crippen molar-refractivity contribution in [3.8, 4) is 0 Å². The molecule has 1 heterocycles. The molecule has 0 atom stereocenters. The van der Waals surface area contributed by atoms with E-state index in [4.69, 9.17) is 17.3 Å². The van der Waals surface area contributed by atoms with Gasteiger partial charge < -0.3 is 11.1 Å². The van der Waals surface area contributed by atoms with Gasteiger partial charge in [0.2, 0.25) is 0 Å². The van der Waals surface area contributed by atoms with Crippen LogP contribution in [0.1, 0.15) is 16.1 Å². The van der Waals surface area contributed by atoms with Crippen LogP contribution in [0.2, 0.25) is 5.02 Å². The molecule has 2 aromatic rings. The fourth-order valence-corrected chi connectivity index (χ4v) is 1.76. The van der Waals surface area contributed by atoms with Gasteiger partial charge in [-0.3, -0.25) is 9.48 Å². The van der Waals surface area contributed by atoms with E-state index in [1.54, 1.807) is 14.0 Å². The number of amides is 1. The van der Waals surface area contributed by atoms with Crippen molar-refractivity contribution in [2.75, 3.05) is 11.1 Å². The molecule has 0 fully saturated rings. The molecule has 0 unspecified atom stereocenters. The topological polar surface area (TPSA) is 72.9 Å². The quantitative estimate of drug-likeness (QED) is 0.888. The maximum Gasteiger partial charge on any atom is 0.256 e. The lowest BCUT2D eigenvalue weighted by molar-refractivity contribution is 0.102. The van der Waals surface area contributed by atoms with Gasteiger partial charge in [0.25, 0.3) is 5.91 Å². The smallest absolute Gasteiger partial charge is 0.256 e. The Balaban J connectivity index is 2.28. The zero-order valence-electron chi connectivity index (χ0n) is 10.4. The van der Waals surface area contributed by atoms with E-state index in [0.29, 0.717) is 17.2 Å². The highest BCUT2D eigenvalue weighted by atomic mass is 35.5. The summed E-state index contributed by atoms with van der Waals surface area (Å²) >= 11 is 5.56. The molecule has 0 bridgehead atoms. The van der Waals surface area contributed by atoms with Gasteiger partial charge in [0.15, 0.2) is 5.82 Å². The SMILES string of the molecule is Cc1nn(C)c(NC(=O)c2ccc(Cl)c(F)c2)c1N. The summed E-state index contributed by atoms with van der Waals surface area (Å²) in [6, 6.07) is 3.82. The zero-order valence-corrected chi connectivity index (χ0v) is 11.1. The van der Waals surface area contributed by atoms with Gasteiger partial charge in [-0.15, -0.1) is 0 Å². The molecule has 1 aromatic heterocycles. The number of nitrogen functional groups attached to an aromatic ring is 1. The zero-order chi connectivity index (χ0) is 14.2. The molecule has 0 aliphatic carbocycles. The average molecular weight is 283 g/mol. The molecule has 0 radical (unpaired) electrons. The molecule has 3 N–H and O–H groups in total. The fraction of sp³-hybridized carbons (Fsp3) is 0.167. The van der Waals surface area contributed by atoms with Crippen LogP contribution in [0.25, 0.3) is 0 Å². The Hall–Kier alpha value is -2.08. The number of nitrogens with zero attached hydrogens (tertiary/aromatic N) is 2. The Morgan fingerprint density at radius 1 is 1.53 bits per heavy atom. The summed E-state index contributed by atoms with van der Waals surface area (Å²) in [6.07, 6.45) is 0. The predicted octanol–water partition coefficient (Wildman–Crippen LogP) is 2.36. The minimum absolute atomic E-state index is 0.0348. The van der Waals surface area contributed by atoms with Gasteiger partial charge in [0.1, 0.15) is 5.82 Å². The minimum Gasteiger partial charge on any atom is -0.394 e. The van der Waals surface area contributed by atoms with E-state index in [1.165, 1.54) is 16.8 Å². The summed E-state index contributed by atoms with van der Waals surface area (Å²) in [4.78, 5) is 12.0. The van der Waals surface area contributed by atoms with Crippen LogP contribution in [-0.2, 0) is 7.05 Å². The van der Waals surface area contributed by atoms with Crippen LogP contribution in [0, 0.1) is 12.7 Å². The Kier molecular flexibility index (Phi) is 3.44. The maximum absolute atomic E-state index is 13.3. The molecule has 1 aromatic carbocycles. The number of carbonyl (C=O) groups excluding carboxylic acids is 1. The highest BCUT2D eigenvalue weighted by molar-refractivity contribution is 6.30. The summed E-state index contributed by atoms with van der Waals surface area (Å²) < 4.78 is 14.7. The molecule has 0 aliphatic heterocycles. The number of rotatable bonds is 2. The fourth-order valence-electron chi connectivity index (χ4n) is 1.64. The Labute approximate surface area is 114 Å². The van der Waals surface area contributed by atoms with E-state index in [-0.39, 0.29) is 10.6 Å². The van der Waals surface area contributed by atoms with E-state index in [0.717, 1.165) is 6.07 Å². The van der Waals surface area contributed by atoms with Gasteiger partial charge in [-0.25, -0.2) is 4.39 Å². The first-order valence-corrected chi connectivity index (χ1v) is 5.83. The van der Waals surface area contributed by atoms with Crippen molar-refractivity contribution in [2.45, 2.75) is 6.92 Å². The number of halogens is 2. The first kappa shape index (κ1) is 13.4. The summed E-state index contributed by atoms with van der Waals surface area (Å²) in [7, 11) is 1.65. The molecule has 2 rings (SSSR count). The number of aromatic nitrogens is 2. The molecule has 0 saturated carbocycles. The minimum atomic E-state index is -0.650. The van der Waals surface area contributed by atoms with E-state index in [1.807, 2.05) is 0 Å². The van der Waals surface area contributed by atoms with Crippen molar-refractivity contribution in [2.24, 2.45) is 7.05 Å². The van der Waals surface area contributed by atoms with Crippen molar-refractivity contribution in [1.29, 1.82) is 0 Å². The normalized spacial score (nSPS) is 10.5. The van der Waals surface area contributed by atoms with Crippen molar-refractivity contribution in [3.63, 3.8) is 0 Å². The third-order valence-corrected chi connectivity index (χ3v) is 2.99. The number of carbonyl (C=O) groups is 1. The lowest BCUT2D eigenvalue weighted by Crippen LogP contribution is -2.15. The maximum atomic E-state index is 13.3. The molecular weight excluding hydrogens is 271 g/mol. The summed E-state index contributed by atoms with van der Waals surface area (Å²) in [5, 5.41) is 6.63. The van der Waals surface area contributed by atoms with Crippen molar-refractivity contribution >= 4 is 29.0 Å². The highest BCUT2D eigenvalue weighted by Gasteiger charge is 2.15. The van der Waals surface area contributed by atoms with Crippen LogP contribution in [0.3, 0.4) is 0 Å². The first-order valence-electron chi connectivity index (χ1n) is 5.45. The number of benzene rings is 1. The van der Waals surface area contributed by atoms with Crippen molar-refractivity contribution < 1.29 is 9.18 Å². The van der Waals surface area contributed by atoms with Gasteiger partial charge >= 0.3 is 0 Å².